The minimum Gasteiger partial charge on any atom is -0.360 e. The lowest BCUT2D eigenvalue weighted by molar-refractivity contribution is -0.130. The highest BCUT2D eigenvalue weighted by molar-refractivity contribution is 8.00. The van der Waals surface area contributed by atoms with Crippen LogP contribution < -0.4 is 5.32 Å². The van der Waals surface area contributed by atoms with Crippen LogP contribution in [0.1, 0.15) is 18.6 Å². The smallest absolute Gasteiger partial charge is 0.235 e. The van der Waals surface area contributed by atoms with Gasteiger partial charge in [0, 0.05) is 38.8 Å². The van der Waals surface area contributed by atoms with Crippen molar-refractivity contribution < 1.29 is 14.1 Å². The van der Waals surface area contributed by atoms with Gasteiger partial charge in [0.25, 0.3) is 0 Å². The summed E-state index contributed by atoms with van der Waals surface area (Å²) in [4.78, 5) is 28.4. The van der Waals surface area contributed by atoms with Crippen LogP contribution in [0, 0.1) is 12.8 Å². The lowest BCUT2D eigenvalue weighted by atomic mass is 10.3. The second kappa shape index (κ2) is 8.02. The summed E-state index contributed by atoms with van der Waals surface area (Å²) in [5.74, 6) is 2.49. The van der Waals surface area contributed by atoms with Gasteiger partial charge in [0.1, 0.15) is 5.76 Å². The molecule has 1 saturated carbocycles. The van der Waals surface area contributed by atoms with Crippen LogP contribution in [0.2, 0.25) is 0 Å². The molecule has 1 aromatic heterocycles. The summed E-state index contributed by atoms with van der Waals surface area (Å²) in [5, 5.41) is 6.36. The van der Waals surface area contributed by atoms with E-state index in [4.69, 9.17) is 4.52 Å². The molecule has 0 bridgehead atoms. The number of nitrogens with one attached hydrogen (secondary N) is 1. The molecule has 24 heavy (non-hydrogen) atoms. The Bertz CT molecular complexity index is 580. The second-order valence-electron chi connectivity index (χ2n) is 6.49. The number of anilines is 1. The molecular formula is C16H24N4O3S. The van der Waals surface area contributed by atoms with Gasteiger partial charge in [0.2, 0.25) is 11.8 Å². The fourth-order valence-corrected chi connectivity index (χ4v) is 3.49. The average molecular weight is 352 g/mol. The molecule has 1 aromatic rings. The van der Waals surface area contributed by atoms with Gasteiger partial charge in [-0.3, -0.25) is 14.5 Å². The van der Waals surface area contributed by atoms with E-state index in [1.807, 2.05) is 4.90 Å². The summed E-state index contributed by atoms with van der Waals surface area (Å²) in [6.07, 6.45) is 2.73. The highest BCUT2D eigenvalue weighted by Crippen LogP contribution is 2.29. The Hall–Kier alpha value is -1.54. The van der Waals surface area contributed by atoms with Gasteiger partial charge in [-0.25, -0.2) is 0 Å². The highest BCUT2D eigenvalue weighted by Gasteiger charge is 2.27. The van der Waals surface area contributed by atoms with E-state index in [1.54, 1.807) is 13.0 Å². The van der Waals surface area contributed by atoms with Crippen molar-refractivity contribution >= 4 is 29.4 Å². The first-order valence-corrected chi connectivity index (χ1v) is 9.56. The van der Waals surface area contributed by atoms with Gasteiger partial charge in [0.05, 0.1) is 11.5 Å². The third-order valence-corrected chi connectivity index (χ3v) is 5.21. The minimum atomic E-state index is -0.171. The molecule has 1 aliphatic heterocycles. The molecule has 2 fully saturated rings. The summed E-state index contributed by atoms with van der Waals surface area (Å²) < 4.78 is 4.89. The molecule has 0 atom stereocenters. The monoisotopic (exact) mass is 352 g/mol. The summed E-state index contributed by atoms with van der Waals surface area (Å²) in [6.45, 7) is 6.50. The minimum absolute atomic E-state index is 0.121. The Morgan fingerprint density at radius 3 is 2.67 bits per heavy atom. The van der Waals surface area contributed by atoms with E-state index in [0.29, 0.717) is 17.3 Å². The van der Waals surface area contributed by atoms with Crippen molar-refractivity contribution in [1.82, 2.24) is 15.0 Å². The number of carbonyl (C=O) groups is 2. The van der Waals surface area contributed by atoms with Crippen LogP contribution in [-0.2, 0) is 9.59 Å². The molecule has 0 aromatic carbocycles. The SMILES string of the molecule is Cc1cc(NC(=O)CSCC(=O)N2CCN(CC3CC3)CC2)no1. The zero-order valence-corrected chi connectivity index (χ0v) is 14.8. The predicted octanol–water partition coefficient (Wildman–Crippen LogP) is 1.21. The fourth-order valence-electron chi connectivity index (χ4n) is 2.77. The van der Waals surface area contributed by atoms with E-state index >= 15 is 0 Å². The van der Waals surface area contributed by atoms with Crippen LogP contribution in [0.25, 0.3) is 0 Å². The normalized spacial score (nSPS) is 18.6. The third kappa shape index (κ3) is 5.24. The number of aryl methyl sites for hydroxylation is 1. The van der Waals surface area contributed by atoms with Crippen LogP contribution in [0.3, 0.4) is 0 Å². The molecule has 132 valence electrons. The molecule has 1 saturated heterocycles. The van der Waals surface area contributed by atoms with Crippen molar-refractivity contribution in [2.75, 3.05) is 49.5 Å². The molecule has 7 nitrogen and oxygen atoms in total. The zero-order chi connectivity index (χ0) is 16.9. The molecule has 1 N–H and O–H groups in total. The zero-order valence-electron chi connectivity index (χ0n) is 14.0. The van der Waals surface area contributed by atoms with Crippen molar-refractivity contribution in [3.8, 4) is 0 Å². The molecule has 1 aliphatic carbocycles. The number of aromatic nitrogens is 1. The van der Waals surface area contributed by atoms with Gasteiger partial charge >= 0.3 is 0 Å². The lowest BCUT2D eigenvalue weighted by Crippen LogP contribution is -2.49. The van der Waals surface area contributed by atoms with E-state index in [2.05, 4.69) is 15.4 Å². The van der Waals surface area contributed by atoms with Gasteiger partial charge in [-0.1, -0.05) is 5.16 Å². The molecule has 2 amide bonds. The fraction of sp³-hybridized carbons (Fsp3) is 0.688. The van der Waals surface area contributed by atoms with Gasteiger partial charge < -0.3 is 14.7 Å². The van der Waals surface area contributed by atoms with Crippen molar-refractivity contribution in [3.05, 3.63) is 11.8 Å². The second-order valence-corrected chi connectivity index (χ2v) is 7.47. The van der Waals surface area contributed by atoms with Crippen molar-refractivity contribution in [3.63, 3.8) is 0 Å². The van der Waals surface area contributed by atoms with E-state index in [0.717, 1.165) is 32.1 Å². The molecule has 2 aliphatic rings. The third-order valence-electron chi connectivity index (χ3n) is 4.29. The Morgan fingerprint density at radius 1 is 1.29 bits per heavy atom. The molecule has 0 unspecified atom stereocenters. The summed E-state index contributed by atoms with van der Waals surface area (Å²) >= 11 is 1.34. The van der Waals surface area contributed by atoms with Crippen LogP contribution in [0.4, 0.5) is 5.82 Å². The first kappa shape index (κ1) is 17.3. The molecule has 0 spiro atoms. The number of rotatable bonds is 7. The van der Waals surface area contributed by atoms with Gasteiger partial charge in [-0.2, -0.15) is 0 Å². The topological polar surface area (TPSA) is 78.7 Å². The van der Waals surface area contributed by atoms with Crippen LogP contribution in [-0.4, -0.2) is 71.0 Å². The van der Waals surface area contributed by atoms with Crippen LogP contribution in [0.5, 0.6) is 0 Å². The molecular weight excluding hydrogens is 328 g/mol. The molecule has 3 rings (SSSR count). The lowest BCUT2D eigenvalue weighted by Gasteiger charge is -2.34. The van der Waals surface area contributed by atoms with Crippen molar-refractivity contribution in [2.45, 2.75) is 19.8 Å². The maximum atomic E-state index is 12.2. The number of amides is 2. The molecule has 8 heteroatoms. The quantitative estimate of drug-likeness (QED) is 0.795. The number of thioether (sulfide) groups is 1. The molecule has 0 radical (unpaired) electrons. The molecule has 2 heterocycles. The Morgan fingerprint density at radius 2 is 2.04 bits per heavy atom. The van der Waals surface area contributed by atoms with Crippen LogP contribution >= 0.6 is 11.8 Å². The number of piperazine rings is 1. The van der Waals surface area contributed by atoms with Gasteiger partial charge in [-0.15, -0.1) is 11.8 Å². The van der Waals surface area contributed by atoms with E-state index in [9.17, 15) is 9.59 Å². The predicted molar refractivity (Wildman–Crippen MR) is 92.9 cm³/mol. The van der Waals surface area contributed by atoms with E-state index in [1.165, 1.54) is 31.1 Å². The van der Waals surface area contributed by atoms with Crippen molar-refractivity contribution in [2.24, 2.45) is 5.92 Å². The Kier molecular flexibility index (Phi) is 5.78. The average Bonchev–Trinajstić information content (AvgIpc) is 3.28. The van der Waals surface area contributed by atoms with Gasteiger partial charge in [0.15, 0.2) is 5.82 Å². The summed E-state index contributed by atoms with van der Waals surface area (Å²) in [7, 11) is 0. The summed E-state index contributed by atoms with van der Waals surface area (Å²) in [6, 6.07) is 1.66. The van der Waals surface area contributed by atoms with E-state index < -0.39 is 0 Å². The van der Waals surface area contributed by atoms with Gasteiger partial charge in [-0.05, 0) is 25.7 Å². The largest absolute Gasteiger partial charge is 0.360 e. The summed E-state index contributed by atoms with van der Waals surface area (Å²) in [5.41, 5.74) is 0. The maximum Gasteiger partial charge on any atom is 0.235 e. The Balaban J connectivity index is 1.30. The van der Waals surface area contributed by atoms with E-state index in [-0.39, 0.29) is 17.6 Å². The highest BCUT2D eigenvalue weighted by atomic mass is 32.2. The number of carbonyl (C=O) groups excluding carboxylic acids is 2. The standard InChI is InChI=1S/C16H24N4O3S/c1-12-8-14(18-23-12)17-15(21)10-24-11-16(22)20-6-4-19(5-7-20)9-13-2-3-13/h8,13H,2-7,9-11H2,1H3,(H,17,18,21). The number of nitrogens with zero attached hydrogens (tertiary/aromatic N) is 3. The van der Waals surface area contributed by atoms with Crippen LogP contribution in [0.15, 0.2) is 10.6 Å². The first-order valence-electron chi connectivity index (χ1n) is 8.41. The Labute approximate surface area is 146 Å². The maximum absolute atomic E-state index is 12.2. The first-order chi connectivity index (χ1) is 11.6. The number of hydrogen-bond donors (Lipinski definition) is 1. The number of hydrogen-bond acceptors (Lipinski definition) is 6. The van der Waals surface area contributed by atoms with Crippen molar-refractivity contribution in [1.29, 1.82) is 0 Å².